The van der Waals surface area contributed by atoms with Crippen molar-refractivity contribution in [1.82, 2.24) is 9.55 Å². The van der Waals surface area contributed by atoms with Gasteiger partial charge in [-0.15, -0.1) is 0 Å². The number of hydrogen-bond acceptors (Lipinski definition) is 3. The number of Topliss-reactive ketones (excluding diaryl/α,β-unsaturated/α-hetero) is 1. The smallest absolute Gasteiger partial charge is 0.303 e. The van der Waals surface area contributed by atoms with Crippen LogP contribution in [-0.2, 0) is 17.8 Å². The predicted molar refractivity (Wildman–Crippen MR) is 73.6 cm³/mol. The first-order valence-electron chi connectivity index (χ1n) is 6.45. The SMILES string of the molecule is O=C(O)CCC(=O)c1ccc(CCn2ccnc2)cc1. The minimum atomic E-state index is -0.949. The van der Waals surface area contributed by atoms with E-state index >= 15 is 0 Å². The molecule has 2 rings (SSSR count). The molecular weight excluding hydrogens is 256 g/mol. The number of hydrogen-bond donors (Lipinski definition) is 1. The first-order valence-corrected chi connectivity index (χ1v) is 6.45. The zero-order valence-corrected chi connectivity index (χ0v) is 11.0. The van der Waals surface area contributed by atoms with Crippen LogP contribution in [0.1, 0.15) is 28.8 Å². The molecule has 0 aliphatic rings. The number of carboxylic acids is 1. The van der Waals surface area contributed by atoms with Crippen LogP contribution >= 0.6 is 0 Å². The van der Waals surface area contributed by atoms with Crippen molar-refractivity contribution in [2.75, 3.05) is 0 Å². The number of aliphatic carboxylic acids is 1. The maximum absolute atomic E-state index is 11.7. The number of benzene rings is 1. The number of carboxylic acid groups (broad SMARTS) is 1. The van der Waals surface area contributed by atoms with Gasteiger partial charge in [0.15, 0.2) is 5.78 Å². The number of imidazole rings is 1. The van der Waals surface area contributed by atoms with Gasteiger partial charge in [0, 0.05) is 30.9 Å². The van der Waals surface area contributed by atoms with Crippen LogP contribution in [0.4, 0.5) is 0 Å². The third-order valence-corrected chi connectivity index (χ3v) is 3.06. The van der Waals surface area contributed by atoms with E-state index in [1.807, 2.05) is 22.9 Å². The number of carbonyl (C=O) groups is 2. The van der Waals surface area contributed by atoms with Crippen LogP contribution in [0.25, 0.3) is 0 Å². The zero-order valence-electron chi connectivity index (χ0n) is 11.0. The molecule has 0 radical (unpaired) electrons. The highest BCUT2D eigenvalue weighted by Crippen LogP contribution is 2.09. The summed E-state index contributed by atoms with van der Waals surface area (Å²) in [5.74, 6) is -1.08. The van der Waals surface area contributed by atoms with Crippen LogP contribution in [0.5, 0.6) is 0 Å². The predicted octanol–water partition coefficient (Wildman–Crippen LogP) is 2.17. The van der Waals surface area contributed by atoms with Crippen molar-refractivity contribution in [2.45, 2.75) is 25.8 Å². The summed E-state index contributed by atoms with van der Waals surface area (Å²) in [5, 5.41) is 8.55. The fourth-order valence-corrected chi connectivity index (χ4v) is 1.90. The lowest BCUT2D eigenvalue weighted by atomic mass is 10.0. The molecular formula is C15H16N2O3. The highest BCUT2D eigenvalue weighted by Gasteiger charge is 2.08. The summed E-state index contributed by atoms with van der Waals surface area (Å²) in [6.45, 7) is 0.840. The molecule has 2 aromatic rings. The van der Waals surface area contributed by atoms with Crippen molar-refractivity contribution >= 4 is 11.8 Å². The number of aromatic nitrogens is 2. The molecule has 0 saturated heterocycles. The lowest BCUT2D eigenvalue weighted by Crippen LogP contribution is -2.04. The van der Waals surface area contributed by atoms with Gasteiger partial charge in [-0.2, -0.15) is 0 Å². The fourth-order valence-electron chi connectivity index (χ4n) is 1.90. The Morgan fingerprint density at radius 1 is 1.15 bits per heavy atom. The molecule has 20 heavy (non-hydrogen) atoms. The topological polar surface area (TPSA) is 72.2 Å². The van der Waals surface area contributed by atoms with Gasteiger partial charge in [0.1, 0.15) is 0 Å². The second kappa shape index (κ2) is 6.65. The maximum atomic E-state index is 11.7. The number of aryl methyl sites for hydroxylation is 2. The molecule has 0 bridgehead atoms. The summed E-state index contributed by atoms with van der Waals surface area (Å²) in [4.78, 5) is 26.1. The van der Waals surface area contributed by atoms with Crippen LogP contribution in [0, 0.1) is 0 Å². The summed E-state index contributed by atoms with van der Waals surface area (Å²) in [5.41, 5.74) is 1.70. The minimum absolute atomic E-state index is 0.0454. The largest absolute Gasteiger partial charge is 0.481 e. The molecule has 0 atom stereocenters. The van der Waals surface area contributed by atoms with Gasteiger partial charge in [0.2, 0.25) is 0 Å². The summed E-state index contributed by atoms with van der Waals surface area (Å²) in [7, 11) is 0. The summed E-state index contributed by atoms with van der Waals surface area (Å²) >= 11 is 0. The zero-order chi connectivity index (χ0) is 14.4. The second-order valence-corrected chi connectivity index (χ2v) is 4.56. The average molecular weight is 272 g/mol. The molecule has 5 nitrogen and oxygen atoms in total. The second-order valence-electron chi connectivity index (χ2n) is 4.56. The Kier molecular flexibility index (Phi) is 4.65. The average Bonchev–Trinajstić information content (AvgIpc) is 2.96. The van der Waals surface area contributed by atoms with E-state index in [4.69, 9.17) is 5.11 Å². The van der Waals surface area contributed by atoms with Crippen molar-refractivity contribution < 1.29 is 14.7 Å². The fraction of sp³-hybridized carbons (Fsp3) is 0.267. The molecule has 104 valence electrons. The van der Waals surface area contributed by atoms with Crippen LogP contribution in [0.15, 0.2) is 43.0 Å². The van der Waals surface area contributed by atoms with Crippen LogP contribution in [-0.4, -0.2) is 26.4 Å². The van der Waals surface area contributed by atoms with E-state index in [1.54, 1.807) is 24.7 Å². The van der Waals surface area contributed by atoms with Gasteiger partial charge in [-0.25, -0.2) is 4.98 Å². The molecule has 0 spiro atoms. The van der Waals surface area contributed by atoms with Crippen molar-refractivity contribution in [1.29, 1.82) is 0 Å². The van der Waals surface area contributed by atoms with E-state index in [2.05, 4.69) is 4.98 Å². The summed E-state index contributed by atoms with van der Waals surface area (Å²) in [6.07, 6.45) is 6.20. The van der Waals surface area contributed by atoms with Crippen molar-refractivity contribution in [2.24, 2.45) is 0 Å². The van der Waals surface area contributed by atoms with Crippen LogP contribution < -0.4 is 0 Å². The van der Waals surface area contributed by atoms with E-state index in [-0.39, 0.29) is 18.6 Å². The molecule has 0 aliphatic heterocycles. The maximum Gasteiger partial charge on any atom is 0.303 e. The molecule has 5 heteroatoms. The van der Waals surface area contributed by atoms with Crippen LogP contribution in [0.3, 0.4) is 0 Å². The first-order chi connectivity index (χ1) is 9.65. The summed E-state index contributed by atoms with van der Waals surface area (Å²) < 4.78 is 1.99. The lowest BCUT2D eigenvalue weighted by Gasteiger charge is -2.04. The van der Waals surface area contributed by atoms with Crippen molar-refractivity contribution in [3.63, 3.8) is 0 Å². The molecule has 1 N–H and O–H groups in total. The Morgan fingerprint density at radius 2 is 1.90 bits per heavy atom. The Hall–Kier alpha value is -2.43. The van der Waals surface area contributed by atoms with Gasteiger partial charge in [0.25, 0.3) is 0 Å². The van der Waals surface area contributed by atoms with Gasteiger partial charge in [-0.05, 0) is 12.0 Å². The van der Waals surface area contributed by atoms with E-state index in [0.29, 0.717) is 5.56 Å². The van der Waals surface area contributed by atoms with E-state index in [0.717, 1.165) is 18.5 Å². The Morgan fingerprint density at radius 3 is 2.50 bits per heavy atom. The molecule has 0 fully saturated rings. The monoisotopic (exact) mass is 272 g/mol. The molecule has 0 aliphatic carbocycles. The highest BCUT2D eigenvalue weighted by molar-refractivity contribution is 5.97. The van der Waals surface area contributed by atoms with Gasteiger partial charge in [-0.1, -0.05) is 24.3 Å². The van der Waals surface area contributed by atoms with Crippen molar-refractivity contribution in [3.8, 4) is 0 Å². The first kappa shape index (κ1) is 14.0. The van der Waals surface area contributed by atoms with Crippen molar-refractivity contribution in [3.05, 3.63) is 54.1 Å². The molecule has 0 saturated carbocycles. The number of carbonyl (C=O) groups excluding carboxylic acids is 1. The summed E-state index contributed by atoms with van der Waals surface area (Å²) in [6, 6.07) is 7.33. The van der Waals surface area contributed by atoms with Gasteiger partial charge >= 0.3 is 5.97 Å². The minimum Gasteiger partial charge on any atom is -0.481 e. The normalized spacial score (nSPS) is 10.4. The van der Waals surface area contributed by atoms with Gasteiger partial charge < -0.3 is 9.67 Å². The Bertz CT molecular complexity index is 574. The van der Waals surface area contributed by atoms with Gasteiger partial charge in [0.05, 0.1) is 12.7 Å². The van der Waals surface area contributed by atoms with E-state index < -0.39 is 5.97 Å². The van der Waals surface area contributed by atoms with E-state index in [9.17, 15) is 9.59 Å². The van der Waals surface area contributed by atoms with E-state index in [1.165, 1.54) is 0 Å². The Balaban J connectivity index is 1.89. The third-order valence-electron chi connectivity index (χ3n) is 3.06. The standard InChI is InChI=1S/C15H16N2O3/c18-14(5-6-15(19)20)13-3-1-12(2-4-13)7-9-17-10-8-16-11-17/h1-4,8,10-11H,5-7,9H2,(H,19,20). The number of nitrogens with zero attached hydrogens (tertiary/aromatic N) is 2. The Labute approximate surface area is 116 Å². The molecule has 1 aromatic heterocycles. The molecule has 1 aromatic carbocycles. The number of ketones is 1. The highest BCUT2D eigenvalue weighted by atomic mass is 16.4. The molecule has 0 amide bonds. The lowest BCUT2D eigenvalue weighted by molar-refractivity contribution is -0.136. The third kappa shape index (κ3) is 4.05. The molecule has 0 unspecified atom stereocenters. The van der Waals surface area contributed by atoms with Gasteiger partial charge in [-0.3, -0.25) is 9.59 Å². The molecule has 1 heterocycles. The number of rotatable bonds is 7. The quantitative estimate of drug-likeness (QED) is 0.784. The van der Waals surface area contributed by atoms with Crippen LogP contribution in [0.2, 0.25) is 0 Å².